The Bertz CT molecular complexity index is 835. The quantitative estimate of drug-likeness (QED) is 0.838. The van der Waals surface area contributed by atoms with E-state index >= 15 is 0 Å². The SMILES string of the molecule is O=C1c2ccccc2C(=O)[C@H](C2CCC(c3ccc(Cl)cc3)CC2)C1O. The minimum atomic E-state index is -1.21. The normalized spacial score (nSPS) is 28.7. The zero-order valence-electron chi connectivity index (χ0n) is 14.4. The minimum Gasteiger partial charge on any atom is -0.384 e. The van der Waals surface area contributed by atoms with E-state index in [0.717, 1.165) is 30.7 Å². The van der Waals surface area contributed by atoms with Gasteiger partial charge < -0.3 is 5.11 Å². The molecule has 0 aromatic heterocycles. The lowest BCUT2D eigenvalue weighted by molar-refractivity contribution is 0.0342. The molecule has 2 aromatic carbocycles. The van der Waals surface area contributed by atoms with Gasteiger partial charge in [-0.05, 0) is 55.2 Å². The van der Waals surface area contributed by atoms with Gasteiger partial charge in [0, 0.05) is 16.1 Å². The van der Waals surface area contributed by atoms with Crippen LogP contribution < -0.4 is 0 Å². The first-order chi connectivity index (χ1) is 12.6. The fourth-order valence-corrected chi connectivity index (χ4v) is 4.70. The summed E-state index contributed by atoms with van der Waals surface area (Å²) in [5.41, 5.74) is 2.09. The van der Waals surface area contributed by atoms with Crippen LogP contribution in [-0.2, 0) is 0 Å². The topological polar surface area (TPSA) is 54.4 Å². The molecule has 1 saturated carbocycles. The first-order valence-corrected chi connectivity index (χ1v) is 9.55. The number of halogens is 1. The molecule has 26 heavy (non-hydrogen) atoms. The highest BCUT2D eigenvalue weighted by Gasteiger charge is 2.45. The van der Waals surface area contributed by atoms with E-state index in [1.54, 1.807) is 24.3 Å². The molecule has 0 aliphatic heterocycles. The summed E-state index contributed by atoms with van der Waals surface area (Å²) in [7, 11) is 0. The number of aliphatic hydroxyl groups excluding tert-OH is 1. The minimum absolute atomic E-state index is 0.0540. The molecule has 134 valence electrons. The number of benzene rings is 2. The summed E-state index contributed by atoms with van der Waals surface area (Å²) in [6.45, 7) is 0. The number of carbonyl (C=O) groups excluding carboxylic acids is 2. The van der Waals surface area contributed by atoms with Gasteiger partial charge in [-0.2, -0.15) is 0 Å². The van der Waals surface area contributed by atoms with Gasteiger partial charge in [0.1, 0.15) is 6.10 Å². The molecule has 1 fully saturated rings. The van der Waals surface area contributed by atoms with Crippen LogP contribution >= 0.6 is 11.6 Å². The third kappa shape index (κ3) is 3.00. The molecule has 0 bridgehead atoms. The Hall–Kier alpha value is -1.97. The number of rotatable bonds is 2. The van der Waals surface area contributed by atoms with Crippen LogP contribution in [0.2, 0.25) is 5.02 Å². The third-order valence-electron chi connectivity index (χ3n) is 5.99. The van der Waals surface area contributed by atoms with Gasteiger partial charge in [-0.25, -0.2) is 0 Å². The van der Waals surface area contributed by atoms with E-state index in [-0.39, 0.29) is 17.5 Å². The molecule has 4 heteroatoms. The van der Waals surface area contributed by atoms with Crippen LogP contribution in [0, 0.1) is 11.8 Å². The van der Waals surface area contributed by atoms with Gasteiger partial charge in [0.2, 0.25) is 0 Å². The molecule has 0 amide bonds. The summed E-state index contributed by atoms with van der Waals surface area (Å²) in [6.07, 6.45) is 2.39. The lowest BCUT2D eigenvalue weighted by Gasteiger charge is -2.37. The third-order valence-corrected chi connectivity index (χ3v) is 6.24. The molecule has 0 spiro atoms. The Kier molecular flexibility index (Phi) is 4.68. The lowest BCUT2D eigenvalue weighted by Crippen LogP contribution is -2.45. The van der Waals surface area contributed by atoms with E-state index in [1.165, 1.54) is 5.56 Å². The molecule has 3 nitrogen and oxygen atoms in total. The zero-order valence-corrected chi connectivity index (χ0v) is 15.2. The smallest absolute Gasteiger partial charge is 0.192 e. The van der Waals surface area contributed by atoms with E-state index in [4.69, 9.17) is 11.6 Å². The van der Waals surface area contributed by atoms with Crippen molar-refractivity contribution in [2.24, 2.45) is 11.8 Å². The van der Waals surface area contributed by atoms with Crippen molar-refractivity contribution in [3.8, 4) is 0 Å². The second kappa shape index (κ2) is 6.98. The molecular weight excluding hydrogens is 348 g/mol. The highest BCUT2D eigenvalue weighted by Crippen LogP contribution is 2.42. The summed E-state index contributed by atoms with van der Waals surface area (Å²) < 4.78 is 0. The van der Waals surface area contributed by atoms with Crippen LogP contribution in [0.4, 0.5) is 0 Å². The highest BCUT2D eigenvalue weighted by molar-refractivity contribution is 6.30. The standard InChI is InChI=1S/C22H21ClO3/c23-16-11-9-14(10-12-16)13-5-7-15(8-6-13)19-20(24)17-3-1-2-4-18(17)21(25)22(19)26/h1-4,9-13,15,19,22,26H,5-8H2/t13?,15?,19-,22?/m0/s1. The Morgan fingerprint density at radius 1 is 0.808 bits per heavy atom. The summed E-state index contributed by atoms with van der Waals surface area (Å²) in [6, 6.07) is 14.8. The van der Waals surface area contributed by atoms with Crippen molar-refractivity contribution in [3.05, 3.63) is 70.2 Å². The Balaban J connectivity index is 1.51. The van der Waals surface area contributed by atoms with Crippen molar-refractivity contribution in [1.82, 2.24) is 0 Å². The van der Waals surface area contributed by atoms with Gasteiger partial charge in [0.05, 0.1) is 5.92 Å². The summed E-state index contributed by atoms with van der Waals surface area (Å²) in [5.74, 6) is -0.503. The van der Waals surface area contributed by atoms with Crippen LogP contribution in [0.15, 0.2) is 48.5 Å². The van der Waals surface area contributed by atoms with Gasteiger partial charge >= 0.3 is 0 Å². The Morgan fingerprint density at radius 3 is 2.00 bits per heavy atom. The highest BCUT2D eigenvalue weighted by atomic mass is 35.5. The fraction of sp³-hybridized carbons (Fsp3) is 0.364. The molecule has 2 atom stereocenters. The average molecular weight is 369 g/mol. The van der Waals surface area contributed by atoms with E-state index in [0.29, 0.717) is 17.0 Å². The molecule has 0 saturated heterocycles. The van der Waals surface area contributed by atoms with Crippen molar-refractivity contribution in [2.45, 2.75) is 37.7 Å². The molecule has 2 aliphatic rings. The molecule has 4 rings (SSSR count). The second-order valence-electron chi connectivity index (χ2n) is 7.41. The number of hydrogen-bond acceptors (Lipinski definition) is 3. The number of ketones is 2. The van der Waals surface area contributed by atoms with Crippen LogP contribution in [-0.4, -0.2) is 22.8 Å². The maximum atomic E-state index is 12.9. The molecular formula is C22H21ClO3. The molecule has 0 heterocycles. The van der Waals surface area contributed by atoms with Crippen molar-refractivity contribution >= 4 is 23.2 Å². The van der Waals surface area contributed by atoms with Gasteiger partial charge in [0.15, 0.2) is 11.6 Å². The number of hydrogen-bond donors (Lipinski definition) is 1. The number of fused-ring (bicyclic) bond motifs is 1. The van der Waals surface area contributed by atoms with Gasteiger partial charge in [-0.15, -0.1) is 0 Å². The maximum absolute atomic E-state index is 12.9. The molecule has 1 N–H and O–H groups in total. The van der Waals surface area contributed by atoms with Crippen LogP contribution in [0.25, 0.3) is 0 Å². The zero-order chi connectivity index (χ0) is 18.3. The largest absolute Gasteiger partial charge is 0.384 e. The van der Waals surface area contributed by atoms with Crippen molar-refractivity contribution in [1.29, 1.82) is 0 Å². The first kappa shape index (κ1) is 17.4. The van der Waals surface area contributed by atoms with Crippen molar-refractivity contribution in [3.63, 3.8) is 0 Å². The first-order valence-electron chi connectivity index (χ1n) is 9.17. The lowest BCUT2D eigenvalue weighted by atomic mass is 9.67. The predicted molar refractivity (Wildman–Crippen MR) is 101 cm³/mol. The monoisotopic (exact) mass is 368 g/mol. The van der Waals surface area contributed by atoms with Crippen LogP contribution in [0.5, 0.6) is 0 Å². The van der Waals surface area contributed by atoms with E-state index in [1.807, 2.05) is 12.1 Å². The van der Waals surface area contributed by atoms with Crippen LogP contribution in [0.1, 0.15) is 57.9 Å². The average Bonchev–Trinajstić information content (AvgIpc) is 2.68. The predicted octanol–water partition coefficient (Wildman–Crippen LogP) is 4.67. The molecule has 2 aliphatic carbocycles. The van der Waals surface area contributed by atoms with Gasteiger partial charge in [-0.3, -0.25) is 9.59 Å². The van der Waals surface area contributed by atoms with Crippen molar-refractivity contribution < 1.29 is 14.7 Å². The fourth-order valence-electron chi connectivity index (χ4n) is 4.58. The Morgan fingerprint density at radius 2 is 1.38 bits per heavy atom. The number of carbonyl (C=O) groups is 2. The second-order valence-corrected chi connectivity index (χ2v) is 7.84. The Labute approximate surface area is 158 Å². The maximum Gasteiger partial charge on any atom is 0.192 e. The summed E-state index contributed by atoms with van der Waals surface area (Å²) in [5, 5.41) is 11.3. The molecule has 2 aromatic rings. The van der Waals surface area contributed by atoms with Gasteiger partial charge in [-0.1, -0.05) is 48.0 Å². The van der Waals surface area contributed by atoms with Crippen LogP contribution in [0.3, 0.4) is 0 Å². The summed E-state index contributed by atoms with van der Waals surface area (Å²) in [4.78, 5) is 25.5. The number of aliphatic hydroxyl groups is 1. The van der Waals surface area contributed by atoms with E-state index in [2.05, 4.69) is 12.1 Å². The van der Waals surface area contributed by atoms with E-state index in [9.17, 15) is 14.7 Å². The summed E-state index contributed by atoms with van der Waals surface area (Å²) >= 11 is 5.97. The van der Waals surface area contributed by atoms with Gasteiger partial charge in [0.25, 0.3) is 0 Å². The molecule has 1 unspecified atom stereocenters. The molecule has 0 radical (unpaired) electrons. The van der Waals surface area contributed by atoms with Crippen molar-refractivity contribution in [2.75, 3.05) is 0 Å². The van der Waals surface area contributed by atoms with E-state index < -0.39 is 12.0 Å². The number of Topliss-reactive ketones (excluding diaryl/α,β-unsaturated/α-hetero) is 2.